The van der Waals surface area contributed by atoms with Crippen molar-refractivity contribution in [2.75, 3.05) is 0 Å². The van der Waals surface area contributed by atoms with Crippen LogP contribution in [0.15, 0.2) is 0 Å². The topological polar surface area (TPSA) is 83.6 Å². The first kappa shape index (κ1) is 11.6. The average Bonchev–Trinajstić information content (AvgIpc) is 2.67. The Balaban J connectivity index is 2.32. The summed E-state index contributed by atoms with van der Waals surface area (Å²) in [5.41, 5.74) is 0. The van der Waals surface area contributed by atoms with Crippen LogP contribution in [0.4, 0.5) is 0 Å². The molecule has 0 radical (unpaired) electrons. The van der Waals surface area contributed by atoms with E-state index in [0.29, 0.717) is 5.92 Å². The highest BCUT2D eigenvalue weighted by Gasteiger charge is 2.13. The molecule has 0 aromatic carbocycles. The number of carbonyl (C=O) groups is 1. The van der Waals surface area contributed by atoms with Crippen molar-refractivity contribution in [2.45, 2.75) is 39.7 Å². The number of tetrazole rings is 1. The summed E-state index contributed by atoms with van der Waals surface area (Å²) in [7, 11) is 0. The summed E-state index contributed by atoms with van der Waals surface area (Å²) in [5, 5.41) is 15.6. The molecule has 2 N–H and O–H groups in total. The molecule has 1 aromatic heterocycles. The number of aromatic nitrogens is 4. The molecule has 0 aliphatic heterocycles. The predicted octanol–water partition coefficient (Wildman–Crippen LogP) is 0.754. The fourth-order valence-corrected chi connectivity index (χ4v) is 1.20. The van der Waals surface area contributed by atoms with Gasteiger partial charge in [0.2, 0.25) is 0 Å². The van der Waals surface area contributed by atoms with E-state index in [9.17, 15) is 4.79 Å². The molecule has 6 nitrogen and oxygen atoms in total. The molecule has 1 unspecified atom stereocenters. The largest absolute Gasteiger partial charge is 0.347 e. The fourth-order valence-electron chi connectivity index (χ4n) is 1.20. The zero-order valence-electron chi connectivity index (χ0n) is 9.32. The van der Waals surface area contributed by atoms with Crippen LogP contribution >= 0.6 is 0 Å². The second-order valence-corrected chi connectivity index (χ2v) is 4.08. The minimum atomic E-state index is -0.278. The van der Waals surface area contributed by atoms with E-state index in [1.165, 1.54) is 0 Å². The number of nitrogens with one attached hydrogen (secondary N) is 2. The lowest BCUT2D eigenvalue weighted by Gasteiger charge is -2.13. The Bertz CT molecular complexity index is 295. The predicted molar refractivity (Wildman–Crippen MR) is 55.2 cm³/mol. The Morgan fingerprint density at radius 1 is 1.40 bits per heavy atom. The van der Waals surface area contributed by atoms with Crippen LogP contribution in [0.2, 0.25) is 0 Å². The van der Waals surface area contributed by atoms with Crippen LogP contribution in [-0.4, -0.2) is 32.6 Å². The molecule has 0 aliphatic carbocycles. The van der Waals surface area contributed by atoms with Gasteiger partial charge in [-0.2, -0.15) is 5.21 Å². The maximum absolute atomic E-state index is 11.5. The summed E-state index contributed by atoms with van der Waals surface area (Å²) in [4.78, 5) is 11.5. The van der Waals surface area contributed by atoms with Crippen molar-refractivity contribution in [1.82, 2.24) is 25.9 Å². The molecule has 0 fully saturated rings. The maximum atomic E-state index is 11.5. The van der Waals surface area contributed by atoms with Gasteiger partial charge in [0, 0.05) is 6.04 Å². The van der Waals surface area contributed by atoms with Gasteiger partial charge in [-0.25, -0.2) is 0 Å². The SMILES string of the molecule is CC(C)CCC(C)NC(=O)c1nn[nH]n1. The highest BCUT2D eigenvalue weighted by molar-refractivity contribution is 5.90. The van der Waals surface area contributed by atoms with Crippen molar-refractivity contribution in [2.24, 2.45) is 5.92 Å². The van der Waals surface area contributed by atoms with Gasteiger partial charge in [0.05, 0.1) is 0 Å². The minimum absolute atomic E-state index is 0.0893. The van der Waals surface area contributed by atoms with Gasteiger partial charge < -0.3 is 5.32 Å². The van der Waals surface area contributed by atoms with Gasteiger partial charge >= 0.3 is 0 Å². The number of nitrogens with zero attached hydrogens (tertiary/aromatic N) is 3. The highest BCUT2D eigenvalue weighted by Crippen LogP contribution is 2.06. The minimum Gasteiger partial charge on any atom is -0.347 e. The molecule has 6 heteroatoms. The van der Waals surface area contributed by atoms with Crippen LogP contribution in [0.25, 0.3) is 0 Å². The number of H-pyrrole nitrogens is 1. The molecule has 1 atom stereocenters. The summed E-state index contributed by atoms with van der Waals surface area (Å²) >= 11 is 0. The lowest BCUT2D eigenvalue weighted by Crippen LogP contribution is -2.33. The molecule has 84 valence electrons. The van der Waals surface area contributed by atoms with Crippen LogP contribution < -0.4 is 5.32 Å². The van der Waals surface area contributed by atoms with Crippen molar-refractivity contribution in [3.8, 4) is 0 Å². The van der Waals surface area contributed by atoms with E-state index in [1.807, 2.05) is 6.92 Å². The zero-order valence-corrected chi connectivity index (χ0v) is 9.32. The molecule has 0 aliphatic rings. The number of aromatic amines is 1. The molecule has 0 spiro atoms. The zero-order chi connectivity index (χ0) is 11.3. The van der Waals surface area contributed by atoms with Gasteiger partial charge in [0.1, 0.15) is 0 Å². The van der Waals surface area contributed by atoms with E-state index >= 15 is 0 Å². The van der Waals surface area contributed by atoms with Gasteiger partial charge in [-0.3, -0.25) is 4.79 Å². The van der Waals surface area contributed by atoms with E-state index < -0.39 is 0 Å². The highest BCUT2D eigenvalue weighted by atomic mass is 16.2. The molecule has 0 saturated heterocycles. The van der Waals surface area contributed by atoms with Gasteiger partial charge in [-0.1, -0.05) is 13.8 Å². The first-order chi connectivity index (χ1) is 7.09. The Morgan fingerprint density at radius 2 is 2.13 bits per heavy atom. The van der Waals surface area contributed by atoms with E-state index in [-0.39, 0.29) is 17.8 Å². The van der Waals surface area contributed by atoms with Crippen molar-refractivity contribution in [3.63, 3.8) is 0 Å². The quantitative estimate of drug-likeness (QED) is 0.753. The normalized spacial score (nSPS) is 12.8. The van der Waals surface area contributed by atoms with Crippen molar-refractivity contribution in [1.29, 1.82) is 0 Å². The average molecular weight is 211 g/mol. The summed E-state index contributed by atoms with van der Waals surface area (Å²) in [6.07, 6.45) is 2.05. The van der Waals surface area contributed by atoms with Gasteiger partial charge in [0.25, 0.3) is 11.7 Å². The van der Waals surface area contributed by atoms with Gasteiger partial charge in [-0.05, 0) is 30.9 Å². The summed E-state index contributed by atoms with van der Waals surface area (Å²) < 4.78 is 0. The Kier molecular flexibility index (Phi) is 4.20. The Labute approximate surface area is 88.8 Å². The van der Waals surface area contributed by atoms with Crippen LogP contribution in [0.1, 0.15) is 44.2 Å². The number of rotatable bonds is 5. The second kappa shape index (κ2) is 5.43. The summed E-state index contributed by atoms with van der Waals surface area (Å²) in [6, 6.07) is 0.137. The Hall–Kier alpha value is -1.46. The monoisotopic (exact) mass is 211 g/mol. The van der Waals surface area contributed by atoms with E-state index in [0.717, 1.165) is 12.8 Å². The fraction of sp³-hybridized carbons (Fsp3) is 0.778. The third kappa shape index (κ3) is 4.05. The van der Waals surface area contributed by atoms with Crippen molar-refractivity contribution in [3.05, 3.63) is 5.82 Å². The second-order valence-electron chi connectivity index (χ2n) is 4.08. The lowest BCUT2D eigenvalue weighted by molar-refractivity contribution is 0.0927. The number of amides is 1. The first-order valence-electron chi connectivity index (χ1n) is 5.14. The van der Waals surface area contributed by atoms with Crippen LogP contribution in [0.5, 0.6) is 0 Å². The van der Waals surface area contributed by atoms with E-state index in [1.54, 1.807) is 0 Å². The molecule has 0 bridgehead atoms. The molecule has 0 saturated carbocycles. The molecule has 1 rings (SSSR count). The number of hydrogen-bond acceptors (Lipinski definition) is 4. The smallest absolute Gasteiger partial charge is 0.293 e. The van der Waals surface area contributed by atoms with E-state index in [2.05, 4.69) is 39.8 Å². The lowest BCUT2D eigenvalue weighted by atomic mass is 10.0. The standard InChI is InChI=1S/C9H17N5O/c1-6(2)4-5-7(3)10-9(15)8-11-13-14-12-8/h6-7H,4-5H2,1-3H3,(H,10,15)(H,11,12,13,14). The summed E-state index contributed by atoms with van der Waals surface area (Å²) in [5.74, 6) is 0.459. The Morgan fingerprint density at radius 3 is 2.67 bits per heavy atom. The third-order valence-corrected chi connectivity index (χ3v) is 2.10. The molecule has 1 heterocycles. The number of carbonyl (C=O) groups excluding carboxylic acids is 1. The summed E-state index contributed by atoms with van der Waals surface area (Å²) in [6.45, 7) is 6.29. The van der Waals surface area contributed by atoms with E-state index in [4.69, 9.17) is 0 Å². The van der Waals surface area contributed by atoms with Crippen LogP contribution in [0.3, 0.4) is 0 Å². The van der Waals surface area contributed by atoms with Gasteiger partial charge in [-0.15, -0.1) is 10.2 Å². The number of hydrogen-bond donors (Lipinski definition) is 2. The van der Waals surface area contributed by atoms with Gasteiger partial charge in [0.15, 0.2) is 0 Å². The van der Waals surface area contributed by atoms with Crippen molar-refractivity contribution < 1.29 is 4.79 Å². The maximum Gasteiger partial charge on any atom is 0.293 e. The molecular formula is C9H17N5O. The molecule has 1 aromatic rings. The first-order valence-corrected chi connectivity index (χ1v) is 5.14. The van der Waals surface area contributed by atoms with Crippen LogP contribution in [-0.2, 0) is 0 Å². The molecular weight excluding hydrogens is 194 g/mol. The third-order valence-electron chi connectivity index (χ3n) is 2.10. The van der Waals surface area contributed by atoms with Crippen molar-refractivity contribution >= 4 is 5.91 Å². The van der Waals surface area contributed by atoms with Crippen LogP contribution in [0, 0.1) is 5.92 Å². The molecule has 15 heavy (non-hydrogen) atoms. The molecule has 1 amide bonds.